The van der Waals surface area contributed by atoms with Crippen molar-refractivity contribution >= 4 is 16.9 Å². The number of ether oxygens (including phenoxy) is 2. The van der Waals surface area contributed by atoms with E-state index >= 15 is 0 Å². The number of nitrogens with zero attached hydrogens (tertiary/aromatic N) is 2. The zero-order valence-corrected chi connectivity index (χ0v) is 17.5. The zero-order chi connectivity index (χ0) is 20.1. The minimum Gasteiger partial charge on any atom is -0.462 e. The molecule has 0 bridgehead atoms. The van der Waals surface area contributed by atoms with Gasteiger partial charge in [0.15, 0.2) is 0 Å². The van der Waals surface area contributed by atoms with Crippen LogP contribution < -0.4 is 0 Å². The Kier molecular flexibility index (Phi) is 7.03. The lowest BCUT2D eigenvalue weighted by Gasteiger charge is -2.32. The van der Waals surface area contributed by atoms with Crippen molar-refractivity contribution in [2.24, 2.45) is 5.92 Å². The maximum Gasteiger partial charge on any atom is 0.340 e. The zero-order valence-electron chi connectivity index (χ0n) is 17.5. The monoisotopic (exact) mass is 384 g/mol. The number of pyridine rings is 1. The summed E-state index contributed by atoms with van der Waals surface area (Å²) in [4.78, 5) is 19.9. The molecule has 0 atom stereocenters. The van der Waals surface area contributed by atoms with Gasteiger partial charge >= 0.3 is 5.97 Å². The number of fused-ring (bicyclic) bond motifs is 1. The molecule has 1 aliphatic heterocycles. The second-order valence-electron chi connectivity index (χ2n) is 8.00. The molecule has 0 N–H and O–H groups in total. The maximum absolute atomic E-state index is 12.7. The Morgan fingerprint density at radius 1 is 1.25 bits per heavy atom. The highest BCUT2D eigenvalue weighted by Crippen LogP contribution is 2.26. The van der Waals surface area contributed by atoms with Crippen molar-refractivity contribution in [3.63, 3.8) is 0 Å². The van der Waals surface area contributed by atoms with Crippen LogP contribution in [0.3, 0.4) is 0 Å². The lowest BCUT2D eigenvalue weighted by Crippen LogP contribution is -2.37. The number of hydrogen-bond acceptors (Lipinski definition) is 5. The molecule has 28 heavy (non-hydrogen) atoms. The molecular weight excluding hydrogens is 352 g/mol. The Labute approximate surface area is 168 Å². The molecule has 0 spiro atoms. The number of carbonyl (C=O) groups is 1. The average Bonchev–Trinajstić information content (AvgIpc) is 2.68. The Morgan fingerprint density at radius 3 is 2.64 bits per heavy atom. The third-order valence-corrected chi connectivity index (χ3v) is 5.28. The lowest BCUT2D eigenvalue weighted by atomic mass is 10.0. The summed E-state index contributed by atoms with van der Waals surface area (Å²) in [6, 6.07) is 7.99. The molecule has 5 nitrogen and oxygen atoms in total. The summed E-state index contributed by atoms with van der Waals surface area (Å²) >= 11 is 0. The third kappa shape index (κ3) is 4.89. The summed E-state index contributed by atoms with van der Waals surface area (Å²) in [5, 5.41) is 1.01. The van der Waals surface area contributed by atoms with E-state index in [0.29, 0.717) is 30.7 Å². The lowest BCUT2D eigenvalue weighted by molar-refractivity contribution is -0.00612. The average molecular weight is 385 g/mol. The number of hydrogen-bond donors (Lipinski definition) is 0. The predicted octanol–water partition coefficient (Wildman–Crippen LogP) is 4.36. The Morgan fingerprint density at radius 2 is 1.96 bits per heavy atom. The first-order valence-electron chi connectivity index (χ1n) is 10.4. The van der Waals surface area contributed by atoms with E-state index in [1.165, 1.54) is 0 Å². The van der Waals surface area contributed by atoms with Gasteiger partial charge < -0.3 is 9.47 Å². The Hall–Kier alpha value is -1.98. The smallest absolute Gasteiger partial charge is 0.340 e. The molecule has 0 saturated carbocycles. The van der Waals surface area contributed by atoms with Gasteiger partial charge in [-0.3, -0.25) is 9.88 Å². The van der Waals surface area contributed by atoms with Crippen LogP contribution in [0.5, 0.6) is 0 Å². The Bertz CT molecular complexity index is 811. The number of aryl methyl sites for hydroxylation is 1. The van der Waals surface area contributed by atoms with Gasteiger partial charge in [-0.05, 0) is 44.2 Å². The van der Waals surface area contributed by atoms with Gasteiger partial charge in [0.2, 0.25) is 0 Å². The number of benzene rings is 1. The standard InChI is InChI=1S/C23H32N2O3/c1-5-27-23(26)22-17(4)19-8-6-7-9-20(19)24-21(22)14-25-12-10-18(11-13-25)28-15-16(2)3/h6-9,16,18H,5,10-15H2,1-4H3. The molecule has 0 radical (unpaired) electrons. The van der Waals surface area contributed by atoms with Crippen LogP contribution in [0.4, 0.5) is 0 Å². The van der Waals surface area contributed by atoms with E-state index < -0.39 is 0 Å². The number of likely N-dealkylation sites (tertiary alicyclic amines) is 1. The summed E-state index contributed by atoms with van der Waals surface area (Å²) in [7, 11) is 0. The fraction of sp³-hybridized carbons (Fsp3) is 0.565. The van der Waals surface area contributed by atoms with Crippen LogP contribution in [0, 0.1) is 12.8 Å². The molecule has 1 aromatic heterocycles. The van der Waals surface area contributed by atoms with E-state index in [0.717, 1.165) is 54.7 Å². The molecule has 3 rings (SSSR count). The van der Waals surface area contributed by atoms with Gasteiger partial charge in [-0.25, -0.2) is 4.79 Å². The first kappa shape index (κ1) is 20.7. The van der Waals surface area contributed by atoms with E-state index in [9.17, 15) is 4.79 Å². The molecule has 1 aromatic carbocycles. The van der Waals surface area contributed by atoms with Crippen molar-refractivity contribution in [3.8, 4) is 0 Å². The molecule has 2 heterocycles. The third-order valence-electron chi connectivity index (χ3n) is 5.28. The van der Waals surface area contributed by atoms with E-state index in [2.05, 4.69) is 18.7 Å². The summed E-state index contributed by atoms with van der Waals surface area (Å²) in [6.07, 6.45) is 2.39. The second kappa shape index (κ2) is 9.48. The van der Waals surface area contributed by atoms with E-state index in [-0.39, 0.29) is 5.97 Å². The molecule has 152 valence electrons. The fourth-order valence-electron chi connectivity index (χ4n) is 3.80. The number of rotatable bonds is 7. The number of piperidine rings is 1. The highest BCUT2D eigenvalue weighted by Gasteiger charge is 2.24. The molecule has 0 amide bonds. The van der Waals surface area contributed by atoms with Crippen LogP contribution in [0.15, 0.2) is 24.3 Å². The first-order chi connectivity index (χ1) is 13.5. The quantitative estimate of drug-likeness (QED) is 0.664. The highest BCUT2D eigenvalue weighted by atomic mass is 16.5. The van der Waals surface area contributed by atoms with Crippen LogP contribution in [0.1, 0.15) is 55.2 Å². The predicted molar refractivity (Wildman–Crippen MR) is 112 cm³/mol. The van der Waals surface area contributed by atoms with Crippen LogP contribution in [-0.2, 0) is 16.0 Å². The molecule has 1 fully saturated rings. The molecule has 1 aliphatic rings. The number of aromatic nitrogens is 1. The molecule has 2 aromatic rings. The first-order valence-corrected chi connectivity index (χ1v) is 10.4. The van der Waals surface area contributed by atoms with E-state index in [4.69, 9.17) is 14.5 Å². The van der Waals surface area contributed by atoms with Gasteiger partial charge in [-0.1, -0.05) is 32.0 Å². The van der Waals surface area contributed by atoms with Gasteiger partial charge in [-0.15, -0.1) is 0 Å². The van der Waals surface area contributed by atoms with Gasteiger partial charge in [0.25, 0.3) is 0 Å². The van der Waals surface area contributed by atoms with Crippen molar-refractivity contribution in [3.05, 3.63) is 41.1 Å². The van der Waals surface area contributed by atoms with Gasteiger partial charge in [0, 0.05) is 31.6 Å². The fourth-order valence-corrected chi connectivity index (χ4v) is 3.80. The SMILES string of the molecule is CCOC(=O)c1c(CN2CCC(OCC(C)C)CC2)nc2ccccc2c1C. The summed E-state index contributed by atoms with van der Waals surface area (Å²) in [5.74, 6) is 0.290. The van der Waals surface area contributed by atoms with Crippen molar-refractivity contribution < 1.29 is 14.3 Å². The number of carbonyl (C=O) groups excluding carboxylic acids is 1. The van der Waals surface area contributed by atoms with Crippen LogP contribution >= 0.6 is 0 Å². The van der Waals surface area contributed by atoms with Gasteiger partial charge in [0.1, 0.15) is 0 Å². The second-order valence-corrected chi connectivity index (χ2v) is 8.00. The normalized spacial score (nSPS) is 16.0. The largest absolute Gasteiger partial charge is 0.462 e. The topological polar surface area (TPSA) is 51.7 Å². The number of para-hydroxylation sites is 1. The van der Waals surface area contributed by atoms with Crippen LogP contribution in [0.25, 0.3) is 10.9 Å². The molecule has 0 aliphatic carbocycles. The van der Waals surface area contributed by atoms with Crippen molar-refractivity contribution in [1.82, 2.24) is 9.88 Å². The molecule has 1 saturated heterocycles. The summed E-state index contributed by atoms with van der Waals surface area (Å²) in [5.41, 5.74) is 3.32. The molecule has 0 unspecified atom stereocenters. The molecular formula is C23H32N2O3. The highest BCUT2D eigenvalue weighted by molar-refractivity contribution is 5.98. The van der Waals surface area contributed by atoms with E-state index in [1.54, 1.807) is 0 Å². The number of esters is 1. The maximum atomic E-state index is 12.7. The minimum absolute atomic E-state index is 0.275. The Balaban J connectivity index is 1.78. The summed E-state index contributed by atoms with van der Waals surface area (Å²) < 4.78 is 11.3. The van der Waals surface area contributed by atoms with E-state index in [1.807, 2.05) is 38.1 Å². The minimum atomic E-state index is -0.275. The van der Waals surface area contributed by atoms with Crippen molar-refractivity contribution in [1.29, 1.82) is 0 Å². The van der Waals surface area contributed by atoms with Crippen LogP contribution in [-0.4, -0.2) is 48.3 Å². The summed E-state index contributed by atoms with van der Waals surface area (Å²) in [6.45, 7) is 12.0. The van der Waals surface area contributed by atoms with Crippen molar-refractivity contribution in [2.75, 3.05) is 26.3 Å². The van der Waals surface area contributed by atoms with Crippen molar-refractivity contribution in [2.45, 2.75) is 53.2 Å². The molecule has 5 heteroatoms. The van der Waals surface area contributed by atoms with Gasteiger partial charge in [0.05, 0.1) is 29.5 Å². The van der Waals surface area contributed by atoms with Crippen LogP contribution in [0.2, 0.25) is 0 Å². The van der Waals surface area contributed by atoms with Gasteiger partial charge in [-0.2, -0.15) is 0 Å².